The van der Waals surface area contributed by atoms with Crippen LogP contribution in [0.4, 0.5) is 0 Å². The van der Waals surface area contributed by atoms with Gasteiger partial charge in [0.05, 0.1) is 6.10 Å². The molecule has 1 rings (SSSR count). The summed E-state index contributed by atoms with van der Waals surface area (Å²) >= 11 is 0. The highest BCUT2D eigenvalue weighted by atomic mass is 31.2. The number of hydrogen-bond acceptors (Lipinski definition) is 4. The van der Waals surface area contributed by atoms with E-state index in [-0.39, 0.29) is 6.10 Å². The van der Waals surface area contributed by atoms with E-state index in [1.807, 2.05) is 0 Å². The van der Waals surface area contributed by atoms with Gasteiger partial charge in [0, 0.05) is 6.54 Å². The Bertz CT molecular complexity index is 134. The molecule has 0 aromatic heterocycles. The quantitative estimate of drug-likeness (QED) is 0.648. The van der Waals surface area contributed by atoms with Crippen LogP contribution >= 0.6 is 8.60 Å². The van der Waals surface area contributed by atoms with Crippen molar-refractivity contribution in [2.45, 2.75) is 25.9 Å². The third-order valence-electron chi connectivity index (χ3n) is 2.15. The number of hydrogen-bond donors (Lipinski definition) is 2. The molecule has 0 saturated carbocycles. The first-order chi connectivity index (χ1) is 5.72. The fourth-order valence-corrected chi connectivity index (χ4v) is 1.96. The molecular formula is C7H16NO3P. The molecule has 1 aliphatic rings. The van der Waals surface area contributed by atoms with E-state index in [1.54, 1.807) is 0 Å². The Kier molecular flexibility index (Phi) is 4.40. The van der Waals surface area contributed by atoms with Crippen LogP contribution in [0.25, 0.3) is 0 Å². The zero-order valence-corrected chi connectivity index (χ0v) is 8.20. The summed E-state index contributed by atoms with van der Waals surface area (Å²) in [6, 6.07) is 0. The second kappa shape index (κ2) is 5.10. The standard InChI is InChI=1S/C7H16NO3P/c1-2-8-5-3-4-7(6-8)11-12(9)10/h7,9-10H,2-6H2,1H3. The van der Waals surface area contributed by atoms with Gasteiger partial charge in [-0.3, -0.25) is 0 Å². The molecule has 0 spiro atoms. The lowest BCUT2D eigenvalue weighted by Crippen LogP contribution is -2.38. The summed E-state index contributed by atoms with van der Waals surface area (Å²) in [5.74, 6) is 0. The van der Waals surface area contributed by atoms with Crippen molar-refractivity contribution in [3.05, 3.63) is 0 Å². The van der Waals surface area contributed by atoms with Crippen molar-refractivity contribution in [1.29, 1.82) is 0 Å². The Morgan fingerprint density at radius 3 is 2.92 bits per heavy atom. The fourth-order valence-electron chi connectivity index (χ4n) is 1.52. The highest BCUT2D eigenvalue weighted by Crippen LogP contribution is 2.30. The molecule has 1 saturated heterocycles. The van der Waals surface area contributed by atoms with Crippen LogP contribution in [-0.4, -0.2) is 40.4 Å². The second-order valence-corrected chi connectivity index (χ2v) is 3.73. The number of likely N-dealkylation sites (tertiary alicyclic amines) is 1. The van der Waals surface area contributed by atoms with E-state index in [4.69, 9.17) is 14.3 Å². The highest BCUT2D eigenvalue weighted by Gasteiger charge is 2.21. The molecule has 0 aromatic rings. The summed E-state index contributed by atoms with van der Waals surface area (Å²) in [4.78, 5) is 19.5. The first-order valence-electron chi connectivity index (χ1n) is 4.29. The van der Waals surface area contributed by atoms with Crippen molar-refractivity contribution >= 4 is 8.60 Å². The minimum Gasteiger partial charge on any atom is -0.328 e. The van der Waals surface area contributed by atoms with Crippen LogP contribution in [0.15, 0.2) is 0 Å². The third kappa shape index (κ3) is 3.33. The van der Waals surface area contributed by atoms with E-state index in [1.165, 1.54) is 0 Å². The first kappa shape index (κ1) is 10.4. The number of rotatable bonds is 3. The summed E-state index contributed by atoms with van der Waals surface area (Å²) in [6.45, 7) is 5.04. The van der Waals surface area contributed by atoms with Crippen molar-refractivity contribution in [2.24, 2.45) is 0 Å². The lowest BCUT2D eigenvalue weighted by atomic mass is 10.1. The van der Waals surface area contributed by atoms with Gasteiger partial charge in [0.1, 0.15) is 0 Å². The summed E-state index contributed by atoms with van der Waals surface area (Å²) in [5, 5.41) is 0. The van der Waals surface area contributed by atoms with E-state index < -0.39 is 8.60 Å². The Labute approximate surface area is 74.1 Å². The van der Waals surface area contributed by atoms with E-state index >= 15 is 0 Å². The molecule has 1 aliphatic heterocycles. The van der Waals surface area contributed by atoms with E-state index in [0.717, 1.165) is 32.5 Å². The van der Waals surface area contributed by atoms with Gasteiger partial charge in [0.25, 0.3) is 0 Å². The van der Waals surface area contributed by atoms with Crippen molar-refractivity contribution in [3.8, 4) is 0 Å². The molecule has 0 amide bonds. The van der Waals surface area contributed by atoms with Crippen molar-refractivity contribution < 1.29 is 14.3 Å². The maximum absolute atomic E-state index is 8.64. The van der Waals surface area contributed by atoms with Gasteiger partial charge < -0.3 is 19.2 Å². The molecule has 1 atom stereocenters. The van der Waals surface area contributed by atoms with Crippen LogP contribution in [-0.2, 0) is 4.52 Å². The van der Waals surface area contributed by atoms with Crippen LogP contribution in [0.5, 0.6) is 0 Å². The second-order valence-electron chi connectivity index (χ2n) is 3.02. The summed E-state index contributed by atoms with van der Waals surface area (Å²) < 4.78 is 4.96. The van der Waals surface area contributed by atoms with Gasteiger partial charge >= 0.3 is 8.60 Å². The Hall–Kier alpha value is 0.270. The summed E-state index contributed by atoms with van der Waals surface area (Å²) in [5.41, 5.74) is 0. The van der Waals surface area contributed by atoms with Crippen molar-refractivity contribution in [1.82, 2.24) is 4.90 Å². The fraction of sp³-hybridized carbons (Fsp3) is 1.00. The van der Waals surface area contributed by atoms with Crippen LogP contribution in [0.3, 0.4) is 0 Å². The lowest BCUT2D eigenvalue weighted by Gasteiger charge is -2.31. The van der Waals surface area contributed by atoms with Gasteiger partial charge in [0.2, 0.25) is 0 Å². The smallest absolute Gasteiger partial charge is 0.327 e. The summed E-state index contributed by atoms with van der Waals surface area (Å²) in [7, 11) is -2.17. The van der Waals surface area contributed by atoms with E-state index in [0.29, 0.717) is 0 Å². The van der Waals surface area contributed by atoms with Crippen LogP contribution in [0.2, 0.25) is 0 Å². The molecule has 0 aromatic carbocycles. The van der Waals surface area contributed by atoms with Crippen molar-refractivity contribution in [3.63, 3.8) is 0 Å². The van der Waals surface area contributed by atoms with E-state index in [2.05, 4.69) is 11.8 Å². The maximum Gasteiger partial charge on any atom is 0.327 e. The largest absolute Gasteiger partial charge is 0.328 e. The molecule has 4 nitrogen and oxygen atoms in total. The van der Waals surface area contributed by atoms with Gasteiger partial charge in [-0.25, -0.2) is 0 Å². The molecule has 5 heteroatoms. The molecule has 1 unspecified atom stereocenters. The zero-order valence-electron chi connectivity index (χ0n) is 7.31. The molecule has 1 fully saturated rings. The van der Waals surface area contributed by atoms with Crippen LogP contribution in [0.1, 0.15) is 19.8 Å². The predicted molar refractivity (Wildman–Crippen MR) is 47.6 cm³/mol. The monoisotopic (exact) mass is 193 g/mol. The number of likely N-dealkylation sites (N-methyl/N-ethyl adjacent to an activating group) is 1. The van der Waals surface area contributed by atoms with Crippen molar-refractivity contribution in [2.75, 3.05) is 19.6 Å². The first-order valence-corrected chi connectivity index (χ1v) is 5.46. The van der Waals surface area contributed by atoms with Crippen LogP contribution in [0, 0.1) is 0 Å². The van der Waals surface area contributed by atoms with Crippen LogP contribution < -0.4 is 0 Å². The van der Waals surface area contributed by atoms with Gasteiger partial charge in [-0.05, 0) is 25.9 Å². The van der Waals surface area contributed by atoms with E-state index in [9.17, 15) is 0 Å². The topological polar surface area (TPSA) is 52.9 Å². The minimum atomic E-state index is -2.17. The molecule has 1 heterocycles. The molecule has 2 N–H and O–H groups in total. The highest BCUT2D eigenvalue weighted by molar-refractivity contribution is 7.39. The molecular weight excluding hydrogens is 177 g/mol. The van der Waals surface area contributed by atoms with Gasteiger partial charge in [-0.1, -0.05) is 6.92 Å². The van der Waals surface area contributed by atoms with Gasteiger partial charge in [-0.2, -0.15) is 0 Å². The van der Waals surface area contributed by atoms with Gasteiger partial charge in [-0.15, -0.1) is 0 Å². The molecule has 0 aliphatic carbocycles. The lowest BCUT2D eigenvalue weighted by molar-refractivity contribution is 0.0808. The minimum absolute atomic E-state index is 0.0137. The molecule has 72 valence electrons. The number of piperidine rings is 1. The number of nitrogens with zero attached hydrogens (tertiary/aromatic N) is 1. The Balaban J connectivity index is 2.25. The van der Waals surface area contributed by atoms with Gasteiger partial charge in [0.15, 0.2) is 0 Å². The summed E-state index contributed by atoms with van der Waals surface area (Å²) in [6.07, 6.45) is 2.04. The Morgan fingerprint density at radius 1 is 1.58 bits per heavy atom. The Morgan fingerprint density at radius 2 is 2.33 bits per heavy atom. The zero-order chi connectivity index (χ0) is 8.97. The molecule has 0 bridgehead atoms. The normalized spacial score (nSPS) is 26.5. The molecule has 0 radical (unpaired) electrons. The SMILES string of the molecule is CCN1CCCC(OP(O)O)C1. The average Bonchev–Trinajstić information content (AvgIpc) is 2.03. The molecule has 12 heavy (non-hydrogen) atoms. The third-order valence-corrected chi connectivity index (χ3v) is 2.64. The maximum atomic E-state index is 8.64. The average molecular weight is 193 g/mol. The predicted octanol–water partition coefficient (Wildman–Crippen LogP) is 0.699.